The molecule has 1 aliphatic rings. The number of rotatable bonds is 3. The fourth-order valence-corrected chi connectivity index (χ4v) is 3.04. The fourth-order valence-electron chi connectivity index (χ4n) is 2.40. The summed E-state index contributed by atoms with van der Waals surface area (Å²) in [4.78, 5) is 0. The van der Waals surface area contributed by atoms with Crippen LogP contribution < -0.4 is 0 Å². The lowest BCUT2D eigenvalue weighted by atomic mass is 9.86. The van der Waals surface area contributed by atoms with Gasteiger partial charge in [-0.05, 0) is 52.1 Å². The van der Waals surface area contributed by atoms with Crippen molar-refractivity contribution in [3.63, 3.8) is 0 Å². The molecule has 0 aromatic carbocycles. The van der Waals surface area contributed by atoms with Crippen molar-refractivity contribution in [3.05, 3.63) is 33.8 Å². The first-order valence-corrected chi connectivity index (χ1v) is 8.46. The standard InChI is InChI=1S/C16H20BFN2O2S/c1-10-12(14(20-19-10)11-6-7-23-9-11)8-13(18)17-21-15(2,3)16(4,5)22-17/h6-9H,1-5H3,(H,19,20). The number of nitrogens with zero attached hydrogens (tertiary/aromatic N) is 1. The van der Waals surface area contributed by atoms with E-state index in [1.54, 1.807) is 11.3 Å². The Hall–Kier alpha value is -1.44. The van der Waals surface area contributed by atoms with Crippen LogP contribution in [0.15, 0.2) is 22.6 Å². The molecule has 0 radical (unpaired) electrons. The van der Waals surface area contributed by atoms with Crippen molar-refractivity contribution in [1.29, 1.82) is 0 Å². The highest BCUT2D eigenvalue weighted by Gasteiger charge is 2.53. The lowest BCUT2D eigenvalue weighted by molar-refractivity contribution is 0.00578. The van der Waals surface area contributed by atoms with Crippen molar-refractivity contribution in [3.8, 4) is 11.3 Å². The Kier molecular flexibility index (Phi) is 3.98. The van der Waals surface area contributed by atoms with Crippen molar-refractivity contribution in [2.75, 3.05) is 0 Å². The predicted octanol–water partition coefficient (Wildman–Crippen LogP) is 4.39. The summed E-state index contributed by atoms with van der Waals surface area (Å²) in [5.41, 5.74) is 1.63. The van der Waals surface area contributed by atoms with E-state index in [2.05, 4.69) is 10.2 Å². The highest BCUT2D eigenvalue weighted by atomic mass is 32.1. The summed E-state index contributed by atoms with van der Waals surface area (Å²) >= 11 is 1.58. The maximum Gasteiger partial charge on any atom is 0.525 e. The summed E-state index contributed by atoms with van der Waals surface area (Å²) in [5, 5.41) is 11.2. The third-order valence-electron chi connectivity index (χ3n) is 4.55. The van der Waals surface area contributed by atoms with Crippen LogP contribution in [0.3, 0.4) is 0 Å². The molecule has 0 unspecified atom stereocenters. The minimum Gasteiger partial charge on any atom is -0.398 e. The molecular weight excluding hydrogens is 314 g/mol. The first-order chi connectivity index (χ1) is 10.7. The van der Waals surface area contributed by atoms with Crippen molar-refractivity contribution >= 4 is 24.5 Å². The molecule has 3 rings (SSSR count). The molecule has 0 bridgehead atoms. The summed E-state index contributed by atoms with van der Waals surface area (Å²) in [7, 11) is -0.996. The smallest absolute Gasteiger partial charge is 0.398 e. The number of aromatic amines is 1. The zero-order valence-corrected chi connectivity index (χ0v) is 14.8. The van der Waals surface area contributed by atoms with Gasteiger partial charge >= 0.3 is 7.12 Å². The van der Waals surface area contributed by atoms with E-state index in [-0.39, 0.29) is 0 Å². The van der Waals surface area contributed by atoms with Crippen LogP contribution in [-0.2, 0) is 9.31 Å². The van der Waals surface area contributed by atoms with Crippen LogP contribution in [0.4, 0.5) is 4.39 Å². The second kappa shape index (κ2) is 5.58. The lowest BCUT2D eigenvalue weighted by Gasteiger charge is -2.32. The van der Waals surface area contributed by atoms with Crippen LogP contribution in [0, 0.1) is 6.92 Å². The van der Waals surface area contributed by atoms with Gasteiger partial charge in [-0.15, -0.1) is 0 Å². The van der Waals surface area contributed by atoms with Crippen LogP contribution in [0.5, 0.6) is 0 Å². The molecule has 2 aromatic rings. The minimum absolute atomic E-state index is 0.454. The SMILES string of the molecule is Cc1[nH]nc(-c2ccsc2)c1C=C(F)B1OC(C)(C)C(C)(C)O1. The largest absolute Gasteiger partial charge is 0.525 e. The molecule has 7 heteroatoms. The minimum atomic E-state index is -0.996. The van der Waals surface area contributed by atoms with Gasteiger partial charge in [0.25, 0.3) is 0 Å². The number of thiophene rings is 1. The van der Waals surface area contributed by atoms with E-state index in [1.807, 2.05) is 51.4 Å². The van der Waals surface area contributed by atoms with Gasteiger partial charge in [-0.1, -0.05) is 0 Å². The Bertz CT molecular complexity index is 721. The van der Waals surface area contributed by atoms with Crippen LogP contribution >= 0.6 is 11.3 Å². The van der Waals surface area contributed by atoms with Crippen LogP contribution in [0.25, 0.3) is 17.3 Å². The van der Waals surface area contributed by atoms with Gasteiger partial charge in [-0.2, -0.15) is 16.4 Å². The Morgan fingerprint density at radius 2 is 1.96 bits per heavy atom. The highest BCUT2D eigenvalue weighted by molar-refractivity contribution is 7.08. The number of aromatic nitrogens is 2. The van der Waals surface area contributed by atoms with E-state index < -0.39 is 24.0 Å². The zero-order chi connectivity index (χ0) is 16.8. The van der Waals surface area contributed by atoms with Crippen molar-refractivity contribution in [1.82, 2.24) is 10.2 Å². The molecule has 122 valence electrons. The maximum atomic E-state index is 14.7. The van der Waals surface area contributed by atoms with E-state index in [4.69, 9.17) is 9.31 Å². The van der Waals surface area contributed by atoms with Gasteiger partial charge in [-0.3, -0.25) is 5.10 Å². The average Bonchev–Trinajstić information content (AvgIpc) is 3.12. The van der Waals surface area contributed by atoms with Crippen LogP contribution in [0.2, 0.25) is 0 Å². The van der Waals surface area contributed by atoms with E-state index in [1.165, 1.54) is 6.08 Å². The molecule has 1 N–H and O–H groups in total. The average molecular weight is 334 g/mol. The molecule has 3 heterocycles. The van der Waals surface area contributed by atoms with E-state index in [0.29, 0.717) is 0 Å². The highest BCUT2D eigenvalue weighted by Crippen LogP contribution is 2.39. The van der Waals surface area contributed by atoms with Crippen molar-refractivity contribution < 1.29 is 13.7 Å². The van der Waals surface area contributed by atoms with Gasteiger partial charge in [0.05, 0.1) is 11.2 Å². The predicted molar refractivity (Wildman–Crippen MR) is 91.8 cm³/mol. The van der Waals surface area contributed by atoms with Gasteiger partial charge in [-0.25, -0.2) is 4.39 Å². The third kappa shape index (κ3) is 2.89. The maximum absolute atomic E-state index is 14.7. The summed E-state index contributed by atoms with van der Waals surface area (Å²) in [6, 6.07) is 1.96. The number of hydrogen-bond donors (Lipinski definition) is 1. The van der Waals surface area contributed by atoms with Gasteiger partial charge < -0.3 is 9.31 Å². The molecule has 0 atom stereocenters. The molecule has 4 nitrogen and oxygen atoms in total. The van der Waals surface area contributed by atoms with Crippen molar-refractivity contribution in [2.24, 2.45) is 0 Å². The van der Waals surface area contributed by atoms with Crippen LogP contribution in [-0.4, -0.2) is 28.5 Å². The van der Waals surface area contributed by atoms with Gasteiger partial charge in [0.15, 0.2) is 0 Å². The summed E-state index contributed by atoms with van der Waals surface area (Å²) in [6.45, 7) is 9.48. The third-order valence-corrected chi connectivity index (χ3v) is 5.23. The molecule has 23 heavy (non-hydrogen) atoms. The summed E-state index contributed by atoms with van der Waals surface area (Å²) in [5.74, 6) is 0. The molecule has 1 aliphatic heterocycles. The molecule has 0 saturated carbocycles. The Labute approximate surface area is 139 Å². The first kappa shape index (κ1) is 16.4. The number of hydrogen-bond acceptors (Lipinski definition) is 4. The number of halogens is 1. The quantitative estimate of drug-likeness (QED) is 0.847. The lowest BCUT2D eigenvalue weighted by Crippen LogP contribution is -2.41. The molecule has 0 spiro atoms. The number of aryl methyl sites for hydroxylation is 1. The van der Waals surface area contributed by atoms with Crippen molar-refractivity contribution in [2.45, 2.75) is 45.8 Å². The van der Waals surface area contributed by atoms with Gasteiger partial charge in [0.2, 0.25) is 0 Å². The molecular formula is C16H20BFN2O2S. The Morgan fingerprint density at radius 1 is 1.30 bits per heavy atom. The molecule has 0 amide bonds. The second-order valence-corrected chi connectivity index (χ2v) is 7.52. The first-order valence-electron chi connectivity index (χ1n) is 7.51. The fraction of sp³-hybridized carbons (Fsp3) is 0.438. The number of nitrogens with one attached hydrogen (secondary N) is 1. The van der Waals surface area contributed by atoms with Gasteiger partial charge in [0.1, 0.15) is 11.4 Å². The molecule has 1 saturated heterocycles. The topological polar surface area (TPSA) is 47.1 Å². The Morgan fingerprint density at radius 3 is 2.52 bits per heavy atom. The zero-order valence-electron chi connectivity index (χ0n) is 13.9. The monoisotopic (exact) mass is 334 g/mol. The van der Waals surface area contributed by atoms with E-state index in [0.717, 1.165) is 22.5 Å². The summed E-state index contributed by atoms with van der Waals surface area (Å²) in [6.07, 6.45) is 1.45. The van der Waals surface area contributed by atoms with Crippen LogP contribution in [0.1, 0.15) is 39.0 Å². The summed E-state index contributed by atoms with van der Waals surface area (Å²) < 4.78 is 26.2. The molecule has 0 aliphatic carbocycles. The molecule has 2 aromatic heterocycles. The van der Waals surface area contributed by atoms with Gasteiger partial charge in [0, 0.05) is 22.2 Å². The normalized spacial score (nSPS) is 20.3. The number of H-pyrrole nitrogens is 1. The van der Waals surface area contributed by atoms with E-state index >= 15 is 0 Å². The Balaban J connectivity index is 1.93. The molecule has 1 fully saturated rings. The second-order valence-electron chi connectivity index (χ2n) is 6.74. The van der Waals surface area contributed by atoms with E-state index in [9.17, 15) is 4.39 Å².